The summed E-state index contributed by atoms with van der Waals surface area (Å²) >= 11 is 0. The molecule has 0 saturated heterocycles. The molecule has 0 aliphatic heterocycles. The van der Waals surface area contributed by atoms with Crippen LogP contribution in [0.3, 0.4) is 0 Å². The largest absolute Gasteiger partial charge is 0.478 e. The third-order valence-corrected chi connectivity index (χ3v) is 2.46. The van der Waals surface area contributed by atoms with E-state index in [2.05, 4.69) is 10.3 Å². The van der Waals surface area contributed by atoms with Crippen molar-refractivity contribution < 1.29 is 14.3 Å². The Bertz CT molecular complexity index is 560. The first-order valence-electron chi connectivity index (χ1n) is 5.12. The van der Waals surface area contributed by atoms with Gasteiger partial charge in [-0.3, -0.25) is 0 Å². The molecule has 17 heavy (non-hydrogen) atoms. The van der Waals surface area contributed by atoms with Crippen LogP contribution in [0.15, 0.2) is 41.2 Å². The van der Waals surface area contributed by atoms with Gasteiger partial charge < -0.3 is 14.8 Å². The van der Waals surface area contributed by atoms with E-state index in [0.29, 0.717) is 5.58 Å². The van der Waals surface area contributed by atoms with Crippen LogP contribution in [0.2, 0.25) is 0 Å². The molecule has 88 valence electrons. The number of aromatic nitrogens is 1. The molecule has 2 aromatic rings. The number of benzene rings is 1. The first-order valence-corrected chi connectivity index (χ1v) is 5.12. The van der Waals surface area contributed by atoms with Crippen molar-refractivity contribution >= 4 is 17.1 Å². The minimum absolute atomic E-state index is 0.166. The fourth-order valence-electron chi connectivity index (χ4n) is 1.62. The smallest absolute Gasteiger partial charge is 0.328 e. The summed E-state index contributed by atoms with van der Waals surface area (Å²) in [6.07, 6.45) is 4.08. The van der Waals surface area contributed by atoms with E-state index in [1.807, 2.05) is 18.2 Å². The lowest BCUT2D eigenvalue weighted by molar-refractivity contribution is -0.131. The van der Waals surface area contributed by atoms with Gasteiger partial charge in [-0.25, -0.2) is 9.78 Å². The standard InChI is InChI=1S/C12H12N2O3/c1-13-9(4-5-12(15)16)8-2-3-10-11(6-8)17-7-14-10/h2-7,9,13H,1H3,(H,15,16)/b5-4+. The monoisotopic (exact) mass is 232 g/mol. The van der Waals surface area contributed by atoms with Gasteiger partial charge in [0.05, 0.1) is 6.04 Å². The zero-order chi connectivity index (χ0) is 12.3. The molecule has 0 bridgehead atoms. The van der Waals surface area contributed by atoms with Crippen LogP contribution in [0.1, 0.15) is 11.6 Å². The van der Waals surface area contributed by atoms with Gasteiger partial charge in [-0.2, -0.15) is 0 Å². The fraction of sp³-hybridized carbons (Fsp3) is 0.167. The van der Waals surface area contributed by atoms with Gasteiger partial charge in [0.15, 0.2) is 12.0 Å². The number of hydrogen-bond acceptors (Lipinski definition) is 4. The van der Waals surface area contributed by atoms with Crippen molar-refractivity contribution in [2.75, 3.05) is 7.05 Å². The fourth-order valence-corrected chi connectivity index (χ4v) is 1.62. The number of carboxylic acid groups (broad SMARTS) is 1. The molecule has 0 saturated carbocycles. The van der Waals surface area contributed by atoms with Crippen LogP contribution >= 0.6 is 0 Å². The Labute approximate surface area is 97.8 Å². The summed E-state index contributed by atoms with van der Waals surface area (Å²) in [7, 11) is 1.77. The average Bonchev–Trinajstić information content (AvgIpc) is 2.76. The normalized spacial score (nSPS) is 13.2. The molecule has 1 aromatic carbocycles. The highest BCUT2D eigenvalue weighted by molar-refractivity contribution is 5.80. The summed E-state index contributed by atoms with van der Waals surface area (Å²) in [6.45, 7) is 0. The number of nitrogens with zero attached hydrogens (tertiary/aromatic N) is 1. The minimum Gasteiger partial charge on any atom is -0.478 e. The molecule has 0 aliphatic carbocycles. The molecular weight excluding hydrogens is 220 g/mol. The van der Waals surface area contributed by atoms with Crippen molar-refractivity contribution in [2.24, 2.45) is 0 Å². The lowest BCUT2D eigenvalue weighted by atomic mass is 10.1. The third kappa shape index (κ3) is 2.51. The molecule has 5 nitrogen and oxygen atoms in total. The number of nitrogens with one attached hydrogen (secondary N) is 1. The third-order valence-electron chi connectivity index (χ3n) is 2.46. The zero-order valence-electron chi connectivity index (χ0n) is 9.25. The van der Waals surface area contributed by atoms with E-state index in [-0.39, 0.29) is 6.04 Å². The summed E-state index contributed by atoms with van der Waals surface area (Å²) in [6, 6.07) is 5.40. The summed E-state index contributed by atoms with van der Waals surface area (Å²) in [4.78, 5) is 14.5. The second-order valence-electron chi connectivity index (χ2n) is 3.54. The first kappa shape index (κ1) is 11.3. The van der Waals surface area contributed by atoms with Gasteiger partial charge in [0.25, 0.3) is 0 Å². The van der Waals surface area contributed by atoms with Crippen LogP contribution in [0.25, 0.3) is 11.1 Å². The van der Waals surface area contributed by atoms with Gasteiger partial charge in [0.1, 0.15) is 5.52 Å². The highest BCUT2D eigenvalue weighted by atomic mass is 16.4. The summed E-state index contributed by atoms with van der Waals surface area (Å²) in [5, 5.41) is 11.6. The Hall–Kier alpha value is -2.14. The number of carboxylic acids is 1. The molecule has 2 N–H and O–H groups in total. The number of hydrogen-bond donors (Lipinski definition) is 2. The van der Waals surface area contributed by atoms with Crippen LogP contribution in [0.5, 0.6) is 0 Å². The second kappa shape index (κ2) is 4.80. The van der Waals surface area contributed by atoms with Gasteiger partial charge in [0, 0.05) is 6.08 Å². The van der Waals surface area contributed by atoms with Gasteiger partial charge in [0.2, 0.25) is 0 Å². The summed E-state index contributed by atoms with van der Waals surface area (Å²) in [5.41, 5.74) is 2.39. The quantitative estimate of drug-likeness (QED) is 0.785. The topological polar surface area (TPSA) is 75.4 Å². The Kier molecular flexibility index (Phi) is 3.20. The van der Waals surface area contributed by atoms with Gasteiger partial charge >= 0.3 is 5.97 Å². The first-order chi connectivity index (χ1) is 8.20. The minimum atomic E-state index is -0.967. The molecule has 1 heterocycles. The summed E-state index contributed by atoms with van der Waals surface area (Å²) in [5.74, 6) is -0.967. The number of carbonyl (C=O) groups is 1. The number of fused-ring (bicyclic) bond motifs is 1. The number of aliphatic carboxylic acids is 1. The van der Waals surface area contributed by atoms with Crippen LogP contribution in [0.4, 0.5) is 0 Å². The molecule has 5 heteroatoms. The number of likely N-dealkylation sites (N-methyl/N-ethyl adjacent to an activating group) is 1. The maximum atomic E-state index is 10.5. The zero-order valence-corrected chi connectivity index (χ0v) is 9.25. The predicted molar refractivity (Wildman–Crippen MR) is 62.6 cm³/mol. The number of oxazole rings is 1. The Morgan fingerprint density at radius 1 is 1.59 bits per heavy atom. The highest BCUT2D eigenvalue weighted by Gasteiger charge is 2.08. The molecule has 1 aromatic heterocycles. The Balaban J connectivity index is 2.32. The van der Waals surface area contributed by atoms with Crippen LogP contribution in [-0.2, 0) is 4.79 Å². The van der Waals surface area contributed by atoms with Crippen molar-refractivity contribution in [3.63, 3.8) is 0 Å². The van der Waals surface area contributed by atoms with Crippen molar-refractivity contribution in [1.29, 1.82) is 0 Å². The van der Waals surface area contributed by atoms with E-state index in [4.69, 9.17) is 9.52 Å². The van der Waals surface area contributed by atoms with Crippen molar-refractivity contribution in [3.05, 3.63) is 42.3 Å². The van der Waals surface area contributed by atoms with Crippen molar-refractivity contribution in [3.8, 4) is 0 Å². The highest BCUT2D eigenvalue weighted by Crippen LogP contribution is 2.20. The van der Waals surface area contributed by atoms with Crippen LogP contribution in [0, 0.1) is 0 Å². The van der Waals surface area contributed by atoms with Gasteiger partial charge in [-0.05, 0) is 24.7 Å². The molecule has 0 radical (unpaired) electrons. The van der Waals surface area contributed by atoms with E-state index >= 15 is 0 Å². The molecule has 0 spiro atoms. The van der Waals surface area contributed by atoms with E-state index in [9.17, 15) is 4.79 Å². The van der Waals surface area contributed by atoms with E-state index in [1.165, 1.54) is 6.39 Å². The molecule has 0 aliphatic rings. The van der Waals surface area contributed by atoms with Crippen LogP contribution < -0.4 is 5.32 Å². The predicted octanol–water partition coefficient (Wildman–Crippen LogP) is 1.73. The van der Waals surface area contributed by atoms with Crippen molar-refractivity contribution in [1.82, 2.24) is 10.3 Å². The maximum absolute atomic E-state index is 10.5. The average molecular weight is 232 g/mol. The van der Waals surface area contributed by atoms with Gasteiger partial charge in [-0.1, -0.05) is 12.1 Å². The molecule has 1 atom stereocenters. The lowest BCUT2D eigenvalue weighted by Gasteiger charge is -2.11. The molecular formula is C12H12N2O3. The summed E-state index contributed by atoms with van der Waals surface area (Å²) < 4.78 is 5.20. The van der Waals surface area contributed by atoms with Crippen molar-refractivity contribution in [2.45, 2.75) is 6.04 Å². The Morgan fingerprint density at radius 3 is 3.12 bits per heavy atom. The van der Waals surface area contributed by atoms with E-state index in [1.54, 1.807) is 13.1 Å². The van der Waals surface area contributed by atoms with E-state index in [0.717, 1.165) is 17.2 Å². The Morgan fingerprint density at radius 2 is 2.41 bits per heavy atom. The molecule has 2 rings (SSSR count). The molecule has 1 unspecified atom stereocenters. The van der Waals surface area contributed by atoms with Crippen LogP contribution in [-0.4, -0.2) is 23.1 Å². The van der Waals surface area contributed by atoms with E-state index < -0.39 is 5.97 Å². The lowest BCUT2D eigenvalue weighted by Crippen LogP contribution is -2.14. The molecule has 0 fully saturated rings. The maximum Gasteiger partial charge on any atom is 0.328 e. The SMILES string of the molecule is CNC(/C=C/C(=O)O)c1ccc2ncoc2c1. The molecule has 0 amide bonds. The second-order valence-corrected chi connectivity index (χ2v) is 3.54. The number of rotatable bonds is 4. The van der Waals surface area contributed by atoms with Gasteiger partial charge in [-0.15, -0.1) is 0 Å².